The van der Waals surface area contributed by atoms with Gasteiger partial charge in [-0.1, -0.05) is 28.1 Å². The van der Waals surface area contributed by atoms with Gasteiger partial charge in [0.15, 0.2) is 0 Å². The first kappa shape index (κ1) is 17.9. The highest BCUT2D eigenvalue weighted by Crippen LogP contribution is 2.31. The monoisotopic (exact) mass is 412 g/mol. The molecule has 0 atom stereocenters. The number of phenols is 1. The summed E-state index contributed by atoms with van der Waals surface area (Å²) in [6.45, 7) is 3.96. The summed E-state index contributed by atoms with van der Waals surface area (Å²) < 4.78 is 6.61. The minimum atomic E-state index is -0.456. The third-order valence-electron chi connectivity index (χ3n) is 3.98. The maximum absolute atomic E-state index is 12.5. The molecule has 0 saturated carbocycles. The van der Waals surface area contributed by atoms with Gasteiger partial charge in [0, 0.05) is 10.7 Å². The summed E-state index contributed by atoms with van der Waals surface area (Å²) in [5.41, 5.74) is 2.67. The summed E-state index contributed by atoms with van der Waals surface area (Å²) in [7, 11) is 0. The van der Waals surface area contributed by atoms with Crippen LogP contribution in [-0.4, -0.2) is 16.0 Å². The normalized spacial score (nSPS) is 10.4. The molecule has 1 amide bonds. The van der Waals surface area contributed by atoms with Crippen LogP contribution < -0.4 is 10.1 Å². The molecule has 0 aliphatic rings. The van der Waals surface area contributed by atoms with Crippen molar-refractivity contribution < 1.29 is 14.6 Å². The maximum atomic E-state index is 12.5. The number of rotatable bonds is 4. The predicted octanol–water partition coefficient (Wildman–Crippen LogP) is 5.21. The van der Waals surface area contributed by atoms with Crippen molar-refractivity contribution in [1.82, 2.24) is 4.98 Å². The summed E-state index contributed by atoms with van der Waals surface area (Å²) in [5, 5.41) is 12.7. The Morgan fingerprint density at radius 3 is 2.77 bits per heavy atom. The maximum Gasteiger partial charge on any atom is 0.259 e. The number of amides is 1. The lowest BCUT2D eigenvalue weighted by atomic mass is 10.1. The number of pyridine rings is 1. The molecule has 0 radical (unpaired) electrons. The minimum absolute atomic E-state index is 0.105. The Morgan fingerprint density at radius 2 is 1.96 bits per heavy atom. The summed E-state index contributed by atoms with van der Waals surface area (Å²) in [5.74, 6) is 0.391. The van der Waals surface area contributed by atoms with Crippen LogP contribution in [0.5, 0.6) is 17.4 Å². The smallest absolute Gasteiger partial charge is 0.259 e. The highest BCUT2D eigenvalue weighted by molar-refractivity contribution is 9.10. The SMILES string of the molecule is Cc1cccc(Oc2ncccc2NC(=O)c2cc(Br)ccc2O)c1C. The third kappa shape index (κ3) is 3.86. The van der Waals surface area contributed by atoms with E-state index in [4.69, 9.17) is 4.74 Å². The molecule has 1 heterocycles. The molecule has 2 N–H and O–H groups in total. The van der Waals surface area contributed by atoms with E-state index in [1.807, 2.05) is 32.0 Å². The van der Waals surface area contributed by atoms with Gasteiger partial charge >= 0.3 is 0 Å². The van der Waals surface area contributed by atoms with Gasteiger partial charge in [0.1, 0.15) is 17.2 Å². The van der Waals surface area contributed by atoms with E-state index < -0.39 is 5.91 Å². The van der Waals surface area contributed by atoms with Crippen molar-refractivity contribution in [3.63, 3.8) is 0 Å². The first-order chi connectivity index (χ1) is 12.5. The summed E-state index contributed by atoms with van der Waals surface area (Å²) in [6, 6.07) is 13.8. The van der Waals surface area contributed by atoms with E-state index >= 15 is 0 Å². The molecule has 132 valence electrons. The van der Waals surface area contributed by atoms with Crippen LogP contribution in [0.25, 0.3) is 0 Å². The van der Waals surface area contributed by atoms with Crippen LogP contribution in [-0.2, 0) is 0 Å². The molecule has 0 saturated heterocycles. The molecule has 0 aliphatic heterocycles. The van der Waals surface area contributed by atoms with Crippen LogP contribution in [0.1, 0.15) is 21.5 Å². The molecule has 0 spiro atoms. The summed E-state index contributed by atoms with van der Waals surface area (Å²) in [4.78, 5) is 16.8. The summed E-state index contributed by atoms with van der Waals surface area (Å²) >= 11 is 3.30. The van der Waals surface area contributed by atoms with Crippen molar-refractivity contribution in [2.75, 3.05) is 5.32 Å². The second-order valence-electron chi connectivity index (χ2n) is 5.77. The van der Waals surface area contributed by atoms with Crippen LogP contribution in [0.3, 0.4) is 0 Å². The van der Waals surface area contributed by atoms with E-state index in [0.29, 0.717) is 15.9 Å². The van der Waals surface area contributed by atoms with Gasteiger partial charge in [-0.05, 0) is 61.4 Å². The zero-order valence-electron chi connectivity index (χ0n) is 14.3. The molecular formula is C20H17BrN2O3. The topological polar surface area (TPSA) is 71.5 Å². The molecule has 0 aliphatic carbocycles. The largest absolute Gasteiger partial charge is 0.507 e. The van der Waals surface area contributed by atoms with Crippen LogP contribution in [0.15, 0.2) is 59.2 Å². The number of carbonyl (C=O) groups excluding carboxylic acids is 1. The molecule has 2 aromatic carbocycles. The Balaban J connectivity index is 1.89. The number of hydrogen-bond donors (Lipinski definition) is 2. The molecule has 26 heavy (non-hydrogen) atoms. The number of aryl methyl sites for hydroxylation is 1. The number of benzene rings is 2. The zero-order valence-corrected chi connectivity index (χ0v) is 15.9. The number of nitrogens with zero attached hydrogens (tertiary/aromatic N) is 1. The Kier molecular flexibility index (Phi) is 5.23. The fourth-order valence-electron chi connectivity index (χ4n) is 2.39. The van der Waals surface area contributed by atoms with E-state index in [-0.39, 0.29) is 17.2 Å². The number of aromatic nitrogens is 1. The van der Waals surface area contributed by atoms with Gasteiger partial charge in [-0.25, -0.2) is 4.98 Å². The summed E-state index contributed by atoms with van der Waals surface area (Å²) in [6.07, 6.45) is 1.59. The van der Waals surface area contributed by atoms with Gasteiger partial charge in [0.05, 0.1) is 5.56 Å². The molecule has 6 heteroatoms. The van der Waals surface area contributed by atoms with Crippen molar-refractivity contribution in [3.8, 4) is 17.4 Å². The Bertz CT molecular complexity index is 973. The lowest BCUT2D eigenvalue weighted by Crippen LogP contribution is -2.13. The number of aromatic hydroxyl groups is 1. The molecule has 3 rings (SSSR count). The van der Waals surface area contributed by atoms with Gasteiger partial charge in [-0.3, -0.25) is 4.79 Å². The second kappa shape index (κ2) is 7.58. The van der Waals surface area contributed by atoms with Crippen molar-refractivity contribution >= 4 is 27.5 Å². The molecule has 3 aromatic rings. The van der Waals surface area contributed by atoms with Crippen LogP contribution in [0.2, 0.25) is 0 Å². The Labute approximate surface area is 159 Å². The first-order valence-electron chi connectivity index (χ1n) is 7.94. The standard InChI is InChI=1S/C20H17BrN2O3/c1-12-5-3-7-18(13(12)2)26-20-16(6-4-10-22-20)23-19(25)15-11-14(21)8-9-17(15)24/h3-11,24H,1-2H3,(H,23,25). The highest BCUT2D eigenvalue weighted by atomic mass is 79.9. The average molecular weight is 413 g/mol. The number of phenolic OH excluding ortho intramolecular Hbond substituents is 1. The number of carbonyl (C=O) groups is 1. The van der Waals surface area contributed by atoms with Gasteiger partial charge in [-0.2, -0.15) is 0 Å². The Morgan fingerprint density at radius 1 is 1.15 bits per heavy atom. The van der Waals surface area contributed by atoms with Crippen LogP contribution in [0, 0.1) is 13.8 Å². The molecule has 0 bridgehead atoms. The van der Waals surface area contributed by atoms with Crippen molar-refractivity contribution in [3.05, 3.63) is 75.9 Å². The molecule has 1 aromatic heterocycles. The fourth-order valence-corrected chi connectivity index (χ4v) is 2.75. The Hall–Kier alpha value is -2.86. The van der Waals surface area contributed by atoms with E-state index in [9.17, 15) is 9.90 Å². The number of hydrogen-bond acceptors (Lipinski definition) is 4. The van der Waals surface area contributed by atoms with Crippen molar-refractivity contribution in [2.24, 2.45) is 0 Å². The van der Waals surface area contributed by atoms with E-state index in [0.717, 1.165) is 11.1 Å². The van der Waals surface area contributed by atoms with Crippen LogP contribution >= 0.6 is 15.9 Å². The van der Waals surface area contributed by atoms with Crippen LogP contribution in [0.4, 0.5) is 5.69 Å². The van der Waals surface area contributed by atoms with E-state index in [2.05, 4.69) is 26.2 Å². The molecule has 5 nitrogen and oxygen atoms in total. The fraction of sp³-hybridized carbons (Fsp3) is 0.100. The number of ether oxygens (including phenoxy) is 1. The van der Waals surface area contributed by atoms with E-state index in [1.165, 1.54) is 6.07 Å². The lowest BCUT2D eigenvalue weighted by Gasteiger charge is -2.14. The average Bonchev–Trinajstić information content (AvgIpc) is 2.62. The van der Waals surface area contributed by atoms with Crippen molar-refractivity contribution in [2.45, 2.75) is 13.8 Å². The van der Waals surface area contributed by atoms with Gasteiger partial charge in [0.2, 0.25) is 5.88 Å². The second-order valence-corrected chi connectivity index (χ2v) is 6.69. The molecular weight excluding hydrogens is 396 g/mol. The first-order valence-corrected chi connectivity index (χ1v) is 8.74. The molecule has 0 fully saturated rings. The van der Waals surface area contributed by atoms with Gasteiger partial charge < -0.3 is 15.2 Å². The molecule has 0 unspecified atom stereocenters. The minimum Gasteiger partial charge on any atom is -0.507 e. The van der Waals surface area contributed by atoms with E-state index in [1.54, 1.807) is 30.5 Å². The quantitative estimate of drug-likeness (QED) is 0.616. The highest BCUT2D eigenvalue weighted by Gasteiger charge is 2.15. The third-order valence-corrected chi connectivity index (χ3v) is 4.48. The lowest BCUT2D eigenvalue weighted by molar-refractivity contribution is 0.102. The van der Waals surface area contributed by atoms with Gasteiger partial charge in [-0.15, -0.1) is 0 Å². The number of nitrogens with one attached hydrogen (secondary N) is 1. The predicted molar refractivity (Wildman–Crippen MR) is 104 cm³/mol. The number of anilines is 1. The number of halogens is 1. The van der Waals surface area contributed by atoms with Crippen molar-refractivity contribution in [1.29, 1.82) is 0 Å². The zero-order chi connectivity index (χ0) is 18.7. The van der Waals surface area contributed by atoms with Gasteiger partial charge in [0.25, 0.3) is 5.91 Å².